The van der Waals surface area contributed by atoms with Crippen LogP contribution in [0.2, 0.25) is 0 Å². The number of aromatic nitrogens is 1. The van der Waals surface area contributed by atoms with Crippen LogP contribution >= 0.6 is 22.7 Å². The fourth-order valence-corrected chi connectivity index (χ4v) is 6.30. The van der Waals surface area contributed by atoms with Crippen molar-refractivity contribution < 1.29 is 27.0 Å². The molecule has 2 heterocycles. The molecule has 0 spiro atoms. The quantitative estimate of drug-likeness (QED) is 0.246. The van der Waals surface area contributed by atoms with E-state index < -0.39 is 15.9 Å². The lowest BCUT2D eigenvalue weighted by Gasteiger charge is -2.06. The zero-order valence-electron chi connectivity index (χ0n) is 17.7. The van der Waals surface area contributed by atoms with E-state index in [0.29, 0.717) is 13.2 Å². The maximum Gasteiger partial charge on any atom is 0.262 e. The van der Waals surface area contributed by atoms with Gasteiger partial charge >= 0.3 is 0 Å². The fraction of sp³-hybridized carbons (Fsp3) is 0.261. The number of nitrogens with zero attached hydrogens (tertiary/aromatic N) is 1. The van der Waals surface area contributed by atoms with Gasteiger partial charge in [0.25, 0.3) is 5.01 Å². The minimum Gasteiger partial charge on any atom is -0.748 e. The molecular weight excluding hydrogens is 466 g/mol. The van der Waals surface area contributed by atoms with Crippen molar-refractivity contribution in [1.82, 2.24) is 0 Å². The van der Waals surface area contributed by atoms with Gasteiger partial charge in [0.05, 0.1) is 23.8 Å². The molecule has 4 aromatic rings. The Morgan fingerprint density at radius 3 is 2.72 bits per heavy atom. The second-order valence-corrected chi connectivity index (χ2v) is 10.6. The Hall–Kier alpha value is -2.46. The molecule has 6 nitrogen and oxygen atoms in total. The molecule has 0 radical (unpaired) electrons. The van der Waals surface area contributed by atoms with E-state index >= 15 is 0 Å². The third-order valence-corrected chi connectivity index (χ3v) is 7.82. The molecule has 0 atom stereocenters. The highest BCUT2D eigenvalue weighted by molar-refractivity contribution is 7.85. The van der Waals surface area contributed by atoms with E-state index in [1.165, 1.54) is 0 Å². The second-order valence-electron chi connectivity index (χ2n) is 7.10. The molecule has 32 heavy (non-hydrogen) atoms. The van der Waals surface area contributed by atoms with E-state index in [1.807, 2.05) is 60.9 Å². The number of ether oxygens (including phenoxy) is 2. The Kier molecular flexibility index (Phi) is 6.80. The molecule has 0 fully saturated rings. The van der Waals surface area contributed by atoms with Crippen LogP contribution in [-0.2, 0) is 16.7 Å². The molecule has 0 N–H and O–H groups in total. The average molecular weight is 490 g/mol. The summed E-state index contributed by atoms with van der Waals surface area (Å²) in [4.78, 5) is 0. The normalized spacial score (nSPS) is 12.2. The van der Waals surface area contributed by atoms with E-state index in [1.54, 1.807) is 29.8 Å². The van der Waals surface area contributed by atoms with Crippen molar-refractivity contribution >= 4 is 65.2 Å². The highest BCUT2D eigenvalue weighted by Gasteiger charge is 2.24. The molecule has 0 unspecified atom stereocenters. The lowest BCUT2D eigenvalue weighted by Crippen LogP contribution is -2.36. The Morgan fingerprint density at radius 1 is 1.16 bits per heavy atom. The van der Waals surface area contributed by atoms with Crippen LogP contribution in [0, 0.1) is 0 Å². The van der Waals surface area contributed by atoms with Crippen LogP contribution in [0.25, 0.3) is 32.5 Å². The van der Waals surface area contributed by atoms with Gasteiger partial charge in [-0.25, -0.2) is 8.42 Å². The lowest BCUT2D eigenvalue weighted by atomic mass is 10.2. The number of rotatable bonds is 9. The largest absolute Gasteiger partial charge is 0.748 e. The smallest absolute Gasteiger partial charge is 0.262 e. The van der Waals surface area contributed by atoms with Crippen LogP contribution in [0.15, 0.2) is 41.8 Å². The van der Waals surface area contributed by atoms with Crippen LogP contribution in [0.5, 0.6) is 11.5 Å². The number of thiazole rings is 1. The lowest BCUT2D eigenvalue weighted by molar-refractivity contribution is -0.667. The van der Waals surface area contributed by atoms with E-state index in [4.69, 9.17) is 9.47 Å². The molecule has 168 valence electrons. The van der Waals surface area contributed by atoms with Gasteiger partial charge in [0, 0.05) is 35.3 Å². The van der Waals surface area contributed by atoms with Gasteiger partial charge < -0.3 is 14.0 Å². The molecule has 0 saturated heterocycles. The Labute approximate surface area is 195 Å². The average Bonchev–Trinajstić information content (AvgIpc) is 3.36. The Balaban J connectivity index is 1.83. The first-order valence-electron chi connectivity index (χ1n) is 10.1. The minimum atomic E-state index is -4.26. The van der Waals surface area contributed by atoms with Gasteiger partial charge in [-0.3, -0.25) is 0 Å². The first-order valence-corrected chi connectivity index (χ1v) is 13.4. The maximum absolute atomic E-state index is 11.2. The van der Waals surface area contributed by atoms with Crippen LogP contribution < -0.4 is 14.0 Å². The van der Waals surface area contributed by atoms with E-state index in [-0.39, 0.29) is 6.42 Å². The summed E-state index contributed by atoms with van der Waals surface area (Å²) in [5, 5.41) is 3.99. The molecule has 0 saturated carbocycles. The van der Waals surface area contributed by atoms with Crippen molar-refractivity contribution in [3.8, 4) is 11.5 Å². The van der Waals surface area contributed by atoms with Gasteiger partial charge in [-0.1, -0.05) is 29.5 Å². The summed E-state index contributed by atoms with van der Waals surface area (Å²) in [6.07, 6.45) is 4.26. The van der Waals surface area contributed by atoms with E-state index in [0.717, 1.165) is 42.4 Å². The van der Waals surface area contributed by atoms with Crippen molar-refractivity contribution in [3.63, 3.8) is 0 Å². The van der Waals surface area contributed by atoms with Crippen LogP contribution in [0.3, 0.4) is 0 Å². The van der Waals surface area contributed by atoms with Gasteiger partial charge in [-0.2, -0.15) is 4.57 Å². The number of hydrogen-bond acceptors (Lipinski definition) is 7. The summed E-state index contributed by atoms with van der Waals surface area (Å²) in [5.41, 5.74) is 1.99. The summed E-state index contributed by atoms with van der Waals surface area (Å²) < 4.78 is 49.0. The third-order valence-electron chi connectivity index (χ3n) is 5.01. The molecule has 0 aliphatic rings. The van der Waals surface area contributed by atoms with Crippen molar-refractivity contribution in [2.45, 2.75) is 19.9 Å². The van der Waals surface area contributed by atoms with Crippen molar-refractivity contribution in [1.29, 1.82) is 0 Å². The maximum atomic E-state index is 11.2. The Morgan fingerprint density at radius 2 is 1.97 bits per heavy atom. The van der Waals surface area contributed by atoms with Gasteiger partial charge in [0.1, 0.15) is 20.9 Å². The molecule has 0 aliphatic carbocycles. The molecule has 9 heteroatoms. The van der Waals surface area contributed by atoms with Gasteiger partial charge in [0.15, 0.2) is 6.54 Å². The summed E-state index contributed by atoms with van der Waals surface area (Å²) >= 11 is 3.22. The van der Waals surface area contributed by atoms with Gasteiger partial charge in [-0.15, -0.1) is 11.3 Å². The van der Waals surface area contributed by atoms with Crippen molar-refractivity contribution in [2.24, 2.45) is 0 Å². The van der Waals surface area contributed by atoms with Gasteiger partial charge in [0.2, 0.25) is 5.52 Å². The predicted octanol–water partition coefficient (Wildman–Crippen LogP) is 4.92. The number of hydrogen-bond donors (Lipinski definition) is 0. The molecule has 0 amide bonds. The first-order chi connectivity index (χ1) is 15.4. The molecule has 2 aromatic heterocycles. The standard InChI is InChI=1S/C23H23NO5S3/c1-3-29-18-8-5-4-7-16(18)9-10-21-24(12-6-14-32(25,26)27)22-20(31-21)15-19(28-2)17-11-13-30-23(17)22/h4-5,7-11,13,15H,3,6,12,14H2,1-2H3/b10-9+. The minimum absolute atomic E-state index is 0.248. The molecule has 4 rings (SSSR count). The van der Waals surface area contributed by atoms with Crippen LogP contribution in [0.1, 0.15) is 23.9 Å². The monoisotopic (exact) mass is 489 g/mol. The second kappa shape index (κ2) is 9.58. The fourth-order valence-electron chi connectivity index (χ4n) is 3.66. The summed E-state index contributed by atoms with van der Waals surface area (Å²) in [5.74, 6) is 1.22. The highest BCUT2D eigenvalue weighted by Crippen LogP contribution is 2.38. The van der Waals surface area contributed by atoms with E-state index in [9.17, 15) is 13.0 Å². The number of aryl methyl sites for hydroxylation is 1. The SMILES string of the molecule is CCOc1ccccc1/C=C/c1sc2cc(OC)c3ccsc3c2[n+]1CCCS(=O)(=O)[O-]. The number of para-hydroxylation sites is 1. The molecule has 0 bridgehead atoms. The number of fused-ring (bicyclic) bond motifs is 3. The molecular formula is C23H23NO5S3. The Bertz CT molecular complexity index is 1390. The number of benzene rings is 2. The van der Waals surface area contributed by atoms with Crippen molar-refractivity contribution in [3.05, 3.63) is 52.3 Å². The van der Waals surface area contributed by atoms with Crippen LogP contribution in [-0.4, -0.2) is 32.4 Å². The number of methoxy groups -OCH3 is 1. The zero-order valence-corrected chi connectivity index (χ0v) is 20.2. The predicted molar refractivity (Wildman–Crippen MR) is 130 cm³/mol. The zero-order chi connectivity index (χ0) is 22.7. The summed E-state index contributed by atoms with van der Waals surface area (Å²) in [6.45, 7) is 2.95. The molecule has 0 aliphatic heterocycles. The topological polar surface area (TPSA) is 79.5 Å². The highest BCUT2D eigenvalue weighted by atomic mass is 32.2. The van der Waals surface area contributed by atoms with Gasteiger partial charge in [-0.05, 0) is 30.5 Å². The number of thiophene rings is 1. The third kappa shape index (κ3) is 4.80. The summed E-state index contributed by atoms with van der Waals surface area (Å²) in [6, 6.07) is 11.9. The molecule has 2 aromatic carbocycles. The van der Waals surface area contributed by atoms with Crippen molar-refractivity contribution in [2.75, 3.05) is 19.5 Å². The van der Waals surface area contributed by atoms with Crippen LogP contribution in [0.4, 0.5) is 0 Å². The first kappa shape index (κ1) is 22.7. The summed E-state index contributed by atoms with van der Waals surface area (Å²) in [7, 11) is -2.61. The van der Waals surface area contributed by atoms with E-state index in [2.05, 4.69) is 4.57 Å².